The van der Waals surface area contributed by atoms with Gasteiger partial charge in [0.1, 0.15) is 0 Å². The summed E-state index contributed by atoms with van der Waals surface area (Å²) < 4.78 is 17.6. The van der Waals surface area contributed by atoms with Crippen LogP contribution in [0.1, 0.15) is 12.8 Å². The standard InChI is InChI=1S/C24H46N4O3S2/c1(3-25-5-13-29-14-6-25)23(27-9-17-32-18-10-27)21-31-22-24(28-11-19-33-20-12-28)2-4-26-7-15-30-16-8-26/h23-24H,1-22H2. The van der Waals surface area contributed by atoms with Gasteiger partial charge in [-0.1, -0.05) is 0 Å². The highest BCUT2D eigenvalue weighted by Crippen LogP contribution is 2.18. The quantitative estimate of drug-likeness (QED) is 0.393. The molecular formula is C24H46N4O3S2. The molecule has 33 heavy (non-hydrogen) atoms. The van der Waals surface area contributed by atoms with Crippen molar-refractivity contribution in [3.05, 3.63) is 0 Å². The Kier molecular flexibility index (Phi) is 12.5. The minimum absolute atomic E-state index is 0.547. The minimum Gasteiger partial charge on any atom is -0.379 e. The summed E-state index contributed by atoms with van der Waals surface area (Å²) in [5, 5.41) is 0. The average Bonchev–Trinajstić information content (AvgIpc) is 2.90. The summed E-state index contributed by atoms with van der Waals surface area (Å²) in [6.07, 6.45) is 2.42. The van der Waals surface area contributed by atoms with Crippen LogP contribution in [0.5, 0.6) is 0 Å². The van der Waals surface area contributed by atoms with E-state index >= 15 is 0 Å². The zero-order valence-electron chi connectivity index (χ0n) is 20.5. The Labute approximate surface area is 210 Å². The van der Waals surface area contributed by atoms with Crippen molar-refractivity contribution in [2.24, 2.45) is 0 Å². The highest BCUT2D eigenvalue weighted by Gasteiger charge is 2.26. The fourth-order valence-corrected chi connectivity index (χ4v) is 7.14. The second kappa shape index (κ2) is 15.5. The first-order valence-electron chi connectivity index (χ1n) is 13.2. The van der Waals surface area contributed by atoms with Crippen LogP contribution < -0.4 is 0 Å². The molecule has 0 saturated carbocycles. The van der Waals surface area contributed by atoms with E-state index in [2.05, 4.69) is 43.1 Å². The lowest BCUT2D eigenvalue weighted by Crippen LogP contribution is -2.48. The normalized spacial score (nSPS) is 26.9. The number of hydrogen-bond acceptors (Lipinski definition) is 9. The first kappa shape index (κ1) is 26.5. The Hall–Kier alpha value is 0.420. The van der Waals surface area contributed by atoms with Crippen LogP contribution in [0.4, 0.5) is 0 Å². The van der Waals surface area contributed by atoms with Crippen LogP contribution in [0, 0.1) is 0 Å². The summed E-state index contributed by atoms with van der Waals surface area (Å²) in [6, 6.07) is 1.09. The lowest BCUT2D eigenvalue weighted by atomic mass is 10.1. The number of ether oxygens (including phenoxy) is 3. The Morgan fingerprint density at radius 1 is 0.576 bits per heavy atom. The van der Waals surface area contributed by atoms with Crippen LogP contribution in [0.25, 0.3) is 0 Å². The molecule has 0 aromatic carbocycles. The summed E-state index contributed by atoms with van der Waals surface area (Å²) in [5.74, 6) is 5.06. The summed E-state index contributed by atoms with van der Waals surface area (Å²) in [5.41, 5.74) is 0. The monoisotopic (exact) mass is 502 g/mol. The van der Waals surface area contributed by atoms with Gasteiger partial charge in [0, 0.05) is 87.5 Å². The molecule has 0 bridgehead atoms. The molecule has 2 unspecified atom stereocenters. The van der Waals surface area contributed by atoms with Gasteiger partial charge >= 0.3 is 0 Å². The molecule has 4 fully saturated rings. The van der Waals surface area contributed by atoms with E-state index in [9.17, 15) is 0 Å². The highest BCUT2D eigenvalue weighted by atomic mass is 32.2. The topological polar surface area (TPSA) is 40.7 Å². The van der Waals surface area contributed by atoms with Crippen molar-refractivity contribution in [2.45, 2.75) is 24.9 Å². The second-order valence-electron chi connectivity index (χ2n) is 9.63. The maximum absolute atomic E-state index is 6.56. The van der Waals surface area contributed by atoms with E-state index in [1.807, 2.05) is 0 Å². The second-order valence-corrected chi connectivity index (χ2v) is 12.1. The molecular weight excluding hydrogens is 456 g/mol. The lowest BCUT2D eigenvalue weighted by molar-refractivity contribution is 0.00233. The third kappa shape index (κ3) is 9.42. The average molecular weight is 503 g/mol. The van der Waals surface area contributed by atoms with E-state index in [4.69, 9.17) is 14.2 Å². The predicted octanol–water partition coefficient (Wildman–Crippen LogP) is 1.28. The molecule has 2 atom stereocenters. The Morgan fingerprint density at radius 3 is 1.36 bits per heavy atom. The number of thioether (sulfide) groups is 2. The molecule has 9 heteroatoms. The van der Waals surface area contributed by atoms with E-state index in [0.717, 1.165) is 65.8 Å². The highest BCUT2D eigenvalue weighted by molar-refractivity contribution is 7.99. The molecule has 0 aromatic heterocycles. The summed E-state index contributed by atoms with van der Waals surface area (Å²) >= 11 is 4.20. The van der Waals surface area contributed by atoms with Crippen molar-refractivity contribution in [3.8, 4) is 0 Å². The molecule has 0 radical (unpaired) electrons. The van der Waals surface area contributed by atoms with Crippen molar-refractivity contribution in [1.82, 2.24) is 19.6 Å². The van der Waals surface area contributed by atoms with Crippen molar-refractivity contribution in [3.63, 3.8) is 0 Å². The zero-order chi connectivity index (χ0) is 22.6. The van der Waals surface area contributed by atoms with Gasteiger partial charge in [-0.2, -0.15) is 23.5 Å². The largest absolute Gasteiger partial charge is 0.379 e. The molecule has 0 aromatic rings. The molecule has 192 valence electrons. The number of nitrogens with zero attached hydrogens (tertiary/aromatic N) is 4. The van der Waals surface area contributed by atoms with Crippen molar-refractivity contribution >= 4 is 23.5 Å². The van der Waals surface area contributed by atoms with Crippen LogP contribution >= 0.6 is 23.5 Å². The summed E-state index contributed by atoms with van der Waals surface area (Å²) in [4.78, 5) is 10.6. The van der Waals surface area contributed by atoms with E-state index in [0.29, 0.717) is 12.1 Å². The Balaban J connectivity index is 1.26. The maximum Gasteiger partial charge on any atom is 0.0623 e. The molecule has 0 amide bonds. The smallest absolute Gasteiger partial charge is 0.0623 e. The lowest BCUT2D eigenvalue weighted by Gasteiger charge is -2.38. The van der Waals surface area contributed by atoms with E-state index in [1.54, 1.807) is 0 Å². The molecule has 4 heterocycles. The van der Waals surface area contributed by atoms with Gasteiger partial charge in [-0.25, -0.2) is 0 Å². The van der Waals surface area contributed by atoms with E-state index in [-0.39, 0.29) is 0 Å². The molecule has 4 saturated heterocycles. The van der Waals surface area contributed by atoms with Crippen molar-refractivity contribution in [1.29, 1.82) is 0 Å². The summed E-state index contributed by atoms with van der Waals surface area (Å²) in [6.45, 7) is 16.9. The SMILES string of the molecule is C1CN(CCC(COCC(CCN2CCOCC2)N2CCSCC2)N2CCSCC2)CCO1. The fraction of sp³-hybridized carbons (Fsp3) is 1.00. The molecule has 4 aliphatic rings. The molecule has 0 aliphatic carbocycles. The zero-order valence-corrected chi connectivity index (χ0v) is 22.2. The first-order chi connectivity index (χ1) is 16.4. The van der Waals surface area contributed by atoms with E-state index < -0.39 is 0 Å². The van der Waals surface area contributed by atoms with Crippen LogP contribution in [-0.2, 0) is 14.2 Å². The number of morpholine rings is 2. The minimum atomic E-state index is 0.547. The van der Waals surface area contributed by atoms with Gasteiger partial charge in [0.25, 0.3) is 0 Å². The molecule has 0 spiro atoms. The van der Waals surface area contributed by atoms with Crippen molar-refractivity contribution in [2.75, 3.05) is 128 Å². The van der Waals surface area contributed by atoms with Crippen LogP contribution in [0.3, 0.4) is 0 Å². The molecule has 7 nitrogen and oxygen atoms in total. The van der Waals surface area contributed by atoms with Crippen molar-refractivity contribution < 1.29 is 14.2 Å². The van der Waals surface area contributed by atoms with Crippen LogP contribution in [0.2, 0.25) is 0 Å². The fourth-order valence-electron chi connectivity index (χ4n) is 5.28. The Morgan fingerprint density at radius 2 is 0.970 bits per heavy atom. The van der Waals surface area contributed by atoms with Crippen LogP contribution in [0.15, 0.2) is 0 Å². The van der Waals surface area contributed by atoms with Gasteiger partial charge in [0.2, 0.25) is 0 Å². The van der Waals surface area contributed by atoms with Gasteiger partial charge in [-0.15, -0.1) is 0 Å². The van der Waals surface area contributed by atoms with Crippen LogP contribution in [-0.4, -0.2) is 160 Å². The van der Waals surface area contributed by atoms with Gasteiger partial charge in [-0.05, 0) is 25.9 Å². The third-order valence-electron chi connectivity index (χ3n) is 7.51. The predicted molar refractivity (Wildman–Crippen MR) is 140 cm³/mol. The molecule has 4 aliphatic heterocycles. The first-order valence-corrected chi connectivity index (χ1v) is 15.5. The molecule has 0 N–H and O–H groups in total. The van der Waals surface area contributed by atoms with Gasteiger partial charge in [0.05, 0.1) is 39.6 Å². The molecule has 4 rings (SSSR count). The Bertz CT molecular complexity index is 468. The van der Waals surface area contributed by atoms with E-state index in [1.165, 1.54) is 75.1 Å². The van der Waals surface area contributed by atoms with Gasteiger partial charge < -0.3 is 14.2 Å². The third-order valence-corrected chi connectivity index (χ3v) is 9.39. The summed E-state index contributed by atoms with van der Waals surface area (Å²) in [7, 11) is 0. The number of rotatable bonds is 12. The maximum atomic E-state index is 6.56. The number of hydrogen-bond donors (Lipinski definition) is 0. The van der Waals surface area contributed by atoms with Gasteiger partial charge in [0.15, 0.2) is 0 Å². The van der Waals surface area contributed by atoms with Gasteiger partial charge in [-0.3, -0.25) is 19.6 Å².